The highest BCUT2D eigenvalue weighted by atomic mass is 35.5. The molecule has 7 nitrogen and oxygen atoms in total. The summed E-state index contributed by atoms with van der Waals surface area (Å²) in [6.07, 6.45) is 2.77. The van der Waals surface area contributed by atoms with Gasteiger partial charge >= 0.3 is 0 Å². The summed E-state index contributed by atoms with van der Waals surface area (Å²) in [5.74, 6) is -0.503. The topological polar surface area (TPSA) is 98.3 Å². The number of halogens is 1. The molecule has 2 heterocycles. The van der Waals surface area contributed by atoms with Crippen molar-refractivity contribution >= 4 is 23.4 Å². The molecule has 0 aliphatic carbocycles. The number of aromatic nitrogens is 2. The van der Waals surface area contributed by atoms with E-state index in [9.17, 15) is 14.7 Å². The van der Waals surface area contributed by atoms with E-state index in [1.165, 1.54) is 11.2 Å². The molecule has 1 aliphatic rings. The number of benzene rings is 1. The molecule has 8 heteroatoms. The van der Waals surface area contributed by atoms with Gasteiger partial charge in [0.1, 0.15) is 6.04 Å². The molecule has 0 saturated carbocycles. The standard InChI is InChI=1S/C17H19ClN4O3/c18-12-3-1-11(2-4-12)7-20-17(25)15-6-14(23)9-22(15)16(24)5-13-8-19-10-21-13/h1-4,8,10,14-15,23H,5-7,9H2,(H,19,21)(H,20,25)/t14-,15+/m1/s1. The van der Waals surface area contributed by atoms with Crippen LogP contribution in [-0.4, -0.2) is 50.5 Å². The average molecular weight is 363 g/mol. The zero-order valence-corrected chi connectivity index (χ0v) is 14.2. The van der Waals surface area contributed by atoms with Gasteiger partial charge in [-0.15, -0.1) is 0 Å². The van der Waals surface area contributed by atoms with E-state index in [1.807, 2.05) is 12.1 Å². The van der Waals surface area contributed by atoms with Gasteiger partial charge in [0, 0.05) is 30.7 Å². The Morgan fingerprint density at radius 3 is 2.80 bits per heavy atom. The summed E-state index contributed by atoms with van der Waals surface area (Å²) in [5.41, 5.74) is 1.51. The first-order valence-electron chi connectivity index (χ1n) is 8.00. The van der Waals surface area contributed by atoms with E-state index in [-0.39, 0.29) is 31.2 Å². The fraction of sp³-hybridized carbons (Fsp3) is 0.353. The lowest BCUT2D eigenvalue weighted by Crippen LogP contribution is -2.46. The van der Waals surface area contributed by atoms with Crippen molar-refractivity contribution in [3.8, 4) is 0 Å². The van der Waals surface area contributed by atoms with E-state index >= 15 is 0 Å². The Morgan fingerprint density at radius 2 is 2.12 bits per heavy atom. The van der Waals surface area contributed by atoms with E-state index in [0.29, 0.717) is 17.3 Å². The molecule has 2 aromatic rings. The molecule has 1 fully saturated rings. The maximum absolute atomic E-state index is 12.5. The SMILES string of the molecule is O=C(NCc1ccc(Cl)cc1)[C@@H]1C[C@@H](O)CN1C(=O)Cc1c[nH]cn1. The number of aliphatic hydroxyl groups is 1. The maximum Gasteiger partial charge on any atom is 0.243 e. The summed E-state index contributed by atoms with van der Waals surface area (Å²) in [4.78, 5) is 33.2. The zero-order chi connectivity index (χ0) is 17.8. The lowest BCUT2D eigenvalue weighted by atomic mass is 10.1. The molecule has 1 saturated heterocycles. The summed E-state index contributed by atoms with van der Waals surface area (Å²) in [6.45, 7) is 0.492. The first-order chi connectivity index (χ1) is 12.0. The monoisotopic (exact) mass is 362 g/mol. The van der Waals surface area contributed by atoms with Gasteiger partial charge in [0.15, 0.2) is 0 Å². The summed E-state index contributed by atoms with van der Waals surface area (Å²) >= 11 is 5.84. The van der Waals surface area contributed by atoms with Crippen LogP contribution in [0.1, 0.15) is 17.7 Å². The fourth-order valence-corrected chi connectivity index (χ4v) is 3.02. The van der Waals surface area contributed by atoms with Crippen LogP contribution in [0.25, 0.3) is 0 Å². The number of imidazole rings is 1. The number of hydrogen-bond donors (Lipinski definition) is 3. The molecule has 2 amide bonds. The summed E-state index contributed by atoms with van der Waals surface area (Å²) in [6, 6.07) is 6.48. The van der Waals surface area contributed by atoms with Crippen LogP contribution in [0.15, 0.2) is 36.8 Å². The Balaban J connectivity index is 1.61. The van der Waals surface area contributed by atoms with Crippen LogP contribution >= 0.6 is 11.6 Å². The Kier molecular flexibility index (Phi) is 5.35. The quantitative estimate of drug-likeness (QED) is 0.735. The second-order valence-corrected chi connectivity index (χ2v) is 6.47. The first-order valence-corrected chi connectivity index (χ1v) is 8.38. The van der Waals surface area contributed by atoms with Crippen LogP contribution in [0.2, 0.25) is 5.02 Å². The summed E-state index contributed by atoms with van der Waals surface area (Å²) < 4.78 is 0. The van der Waals surface area contributed by atoms with E-state index < -0.39 is 12.1 Å². The van der Waals surface area contributed by atoms with E-state index in [0.717, 1.165) is 5.56 Å². The van der Waals surface area contributed by atoms with Crippen LogP contribution in [0.5, 0.6) is 0 Å². The normalized spacial score (nSPS) is 19.8. The summed E-state index contributed by atoms with van der Waals surface area (Å²) in [7, 11) is 0. The summed E-state index contributed by atoms with van der Waals surface area (Å²) in [5, 5.41) is 13.3. The number of aliphatic hydroxyl groups excluding tert-OH is 1. The van der Waals surface area contributed by atoms with Crippen molar-refractivity contribution in [2.75, 3.05) is 6.54 Å². The van der Waals surface area contributed by atoms with Gasteiger partial charge < -0.3 is 20.3 Å². The minimum atomic E-state index is -0.700. The number of hydrogen-bond acceptors (Lipinski definition) is 4. The average Bonchev–Trinajstić information content (AvgIpc) is 3.23. The highest BCUT2D eigenvalue weighted by molar-refractivity contribution is 6.30. The van der Waals surface area contributed by atoms with Crippen molar-refractivity contribution in [2.45, 2.75) is 31.5 Å². The highest BCUT2D eigenvalue weighted by Crippen LogP contribution is 2.19. The molecule has 0 bridgehead atoms. The van der Waals surface area contributed by atoms with Crippen LogP contribution in [-0.2, 0) is 22.6 Å². The van der Waals surface area contributed by atoms with Gasteiger partial charge in [0.2, 0.25) is 11.8 Å². The number of carbonyl (C=O) groups is 2. The predicted octanol–water partition coefficient (Wildman–Crippen LogP) is 0.884. The maximum atomic E-state index is 12.5. The third-order valence-electron chi connectivity index (χ3n) is 4.17. The van der Waals surface area contributed by atoms with Crippen molar-refractivity contribution in [1.82, 2.24) is 20.2 Å². The van der Waals surface area contributed by atoms with Crippen molar-refractivity contribution in [1.29, 1.82) is 0 Å². The molecule has 2 atom stereocenters. The van der Waals surface area contributed by atoms with E-state index in [2.05, 4.69) is 15.3 Å². The Morgan fingerprint density at radius 1 is 1.36 bits per heavy atom. The van der Waals surface area contributed by atoms with Crippen LogP contribution in [0.4, 0.5) is 0 Å². The van der Waals surface area contributed by atoms with Crippen LogP contribution < -0.4 is 5.32 Å². The second-order valence-electron chi connectivity index (χ2n) is 6.03. The third-order valence-corrected chi connectivity index (χ3v) is 4.42. The van der Waals surface area contributed by atoms with Crippen molar-refractivity contribution < 1.29 is 14.7 Å². The molecule has 0 unspecified atom stereocenters. The van der Waals surface area contributed by atoms with Gasteiger partial charge in [-0.1, -0.05) is 23.7 Å². The zero-order valence-electron chi connectivity index (χ0n) is 13.5. The molecular formula is C17H19ClN4O3. The Hall–Kier alpha value is -2.38. The number of amides is 2. The van der Waals surface area contributed by atoms with Crippen LogP contribution in [0, 0.1) is 0 Å². The smallest absolute Gasteiger partial charge is 0.243 e. The van der Waals surface area contributed by atoms with Crippen molar-refractivity contribution in [2.24, 2.45) is 0 Å². The van der Waals surface area contributed by atoms with Crippen molar-refractivity contribution in [3.63, 3.8) is 0 Å². The van der Waals surface area contributed by atoms with Gasteiger partial charge in [-0.2, -0.15) is 0 Å². The Labute approximate surface area is 150 Å². The van der Waals surface area contributed by atoms with Gasteiger partial charge in [-0.05, 0) is 17.7 Å². The van der Waals surface area contributed by atoms with Gasteiger partial charge in [0.25, 0.3) is 0 Å². The molecule has 0 radical (unpaired) electrons. The fourth-order valence-electron chi connectivity index (χ4n) is 2.89. The van der Waals surface area contributed by atoms with Gasteiger partial charge in [0.05, 0.1) is 24.5 Å². The van der Waals surface area contributed by atoms with E-state index in [1.54, 1.807) is 18.3 Å². The molecule has 1 aliphatic heterocycles. The molecule has 1 aromatic carbocycles. The minimum absolute atomic E-state index is 0.0944. The largest absolute Gasteiger partial charge is 0.391 e. The number of rotatable bonds is 5. The molecule has 25 heavy (non-hydrogen) atoms. The predicted molar refractivity (Wildman–Crippen MR) is 91.7 cm³/mol. The number of aromatic amines is 1. The number of nitrogens with one attached hydrogen (secondary N) is 2. The van der Waals surface area contributed by atoms with E-state index in [4.69, 9.17) is 11.6 Å². The number of carbonyl (C=O) groups excluding carboxylic acids is 2. The molecular weight excluding hydrogens is 344 g/mol. The molecule has 132 valence electrons. The minimum Gasteiger partial charge on any atom is -0.391 e. The lowest BCUT2D eigenvalue weighted by molar-refractivity contribution is -0.138. The number of β-amino-alcohol motifs (C(OH)–C–C–N with tert-alkyl or cyclic N) is 1. The van der Waals surface area contributed by atoms with Crippen LogP contribution in [0.3, 0.4) is 0 Å². The van der Waals surface area contributed by atoms with Crippen molar-refractivity contribution in [3.05, 3.63) is 53.1 Å². The number of H-pyrrole nitrogens is 1. The Bertz CT molecular complexity index is 733. The number of nitrogens with zero attached hydrogens (tertiary/aromatic N) is 2. The molecule has 1 aromatic heterocycles. The first kappa shape index (κ1) is 17.4. The highest BCUT2D eigenvalue weighted by Gasteiger charge is 2.38. The molecule has 0 spiro atoms. The van der Waals surface area contributed by atoms with Gasteiger partial charge in [-0.25, -0.2) is 4.98 Å². The lowest BCUT2D eigenvalue weighted by Gasteiger charge is -2.23. The second kappa shape index (κ2) is 7.67. The third kappa shape index (κ3) is 4.37. The molecule has 3 N–H and O–H groups in total. The molecule has 3 rings (SSSR count). The van der Waals surface area contributed by atoms with Gasteiger partial charge in [-0.3, -0.25) is 9.59 Å². The number of likely N-dealkylation sites (tertiary alicyclic amines) is 1.